The Morgan fingerprint density at radius 1 is 1.08 bits per heavy atom. The van der Waals surface area contributed by atoms with Gasteiger partial charge < -0.3 is 29.3 Å². The highest BCUT2D eigenvalue weighted by atomic mass is 16.5. The quantitative estimate of drug-likeness (QED) is 0.661. The van der Waals surface area contributed by atoms with Gasteiger partial charge in [-0.25, -0.2) is 0 Å². The smallest absolute Gasteiger partial charge is 0.236 e. The summed E-state index contributed by atoms with van der Waals surface area (Å²) in [5, 5.41) is 3.07. The number of ether oxygens (including phenoxy) is 3. The number of amides is 2. The summed E-state index contributed by atoms with van der Waals surface area (Å²) in [5.41, 5.74) is 2.02. The molecule has 3 aliphatic heterocycles. The van der Waals surface area contributed by atoms with Crippen LogP contribution in [0.4, 0.5) is 11.4 Å². The van der Waals surface area contributed by atoms with Gasteiger partial charge in [0.05, 0.1) is 32.3 Å². The zero-order valence-corrected chi connectivity index (χ0v) is 21.2. The summed E-state index contributed by atoms with van der Waals surface area (Å²) in [6.45, 7) is 4.40. The number of fused-ring (bicyclic) bond motifs is 2. The summed E-state index contributed by atoms with van der Waals surface area (Å²) < 4.78 is 17.2. The van der Waals surface area contributed by atoms with E-state index in [0.717, 1.165) is 30.0 Å². The Morgan fingerprint density at radius 2 is 1.83 bits per heavy atom. The Morgan fingerprint density at radius 3 is 2.53 bits per heavy atom. The number of nitrogens with zero attached hydrogens (tertiary/aromatic N) is 3. The van der Waals surface area contributed by atoms with Gasteiger partial charge in [-0.3, -0.25) is 14.5 Å². The molecule has 2 amide bonds. The molecule has 2 aromatic carbocycles. The summed E-state index contributed by atoms with van der Waals surface area (Å²) in [7, 11) is 5.56. The predicted octanol–water partition coefficient (Wildman–Crippen LogP) is 2.70. The average Bonchev–Trinajstić information content (AvgIpc) is 3.14. The van der Waals surface area contributed by atoms with Gasteiger partial charge in [-0.1, -0.05) is 6.07 Å². The number of carbonyl (C=O) groups is 2. The van der Waals surface area contributed by atoms with Crippen LogP contribution in [0.3, 0.4) is 0 Å². The van der Waals surface area contributed by atoms with Gasteiger partial charge in [0, 0.05) is 63.8 Å². The topological polar surface area (TPSA) is 83.6 Å². The maximum Gasteiger partial charge on any atom is 0.236 e. The van der Waals surface area contributed by atoms with Crippen LogP contribution >= 0.6 is 0 Å². The van der Waals surface area contributed by atoms with Crippen LogP contribution < -0.4 is 19.7 Å². The van der Waals surface area contributed by atoms with Gasteiger partial charge in [0.2, 0.25) is 11.8 Å². The standard InChI is InChI=1S/C27H34N4O5/c1-29(2)19-5-4-6-20(15-19)36-24-17-22-21(16-23(24)34-3)27(26(33)28-22)7-9-31(10-8-27)25(32)18-30-11-13-35-14-12-30/h4-6,15-17H,7-14,18H2,1-3H3,(H,28,33). The minimum atomic E-state index is -0.665. The van der Waals surface area contributed by atoms with E-state index in [2.05, 4.69) is 10.2 Å². The molecule has 1 spiro atoms. The number of benzene rings is 2. The van der Waals surface area contributed by atoms with Crippen LogP contribution in [-0.2, 0) is 19.7 Å². The molecule has 2 fully saturated rings. The Bertz CT molecular complexity index is 1140. The summed E-state index contributed by atoms with van der Waals surface area (Å²) in [6.07, 6.45) is 1.16. The predicted molar refractivity (Wildman–Crippen MR) is 137 cm³/mol. The van der Waals surface area contributed by atoms with Crippen molar-refractivity contribution in [3.63, 3.8) is 0 Å². The number of anilines is 2. The zero-order chi connectivity index (χ0) is 25.3. The van der Waals surface area contributed by atoms with Crippen molar-refractivity contribution in [2.45, 2.75) is 18.3 Å². The molecule has 0 saturated carbocycles. The highest BCUT2D eigenvalue weighted by Crippen LogP contribution is 2.49. The molecule has 36 heavy (non-hydrogen) atoms. The summed E-state index contributed by atoms with van der Waals surface area (Å²) in [4.78, 5) is 32.2. The average molecular weight is 495 g/mol. The fraction of sp³-hybridized carbons (Fsp3) is 0.481. The number of nitrogens with one attached hydrogen (secondary N) is 1. The van der Waals surface area contributed by atoms with Crippen molar-refractivity contribution in [1.82, 2.24) is 9.80 Å². The molecule has 3 heterocycles. The highest BCUT2D eigenvalue weighted by molar-refractivity contribution is 6.07. The summed E-state index contributed by atoms with van der Waals surface area (Å²) in [5.74, 6) is 1.90. The van der Waals surface area contributed by atoms with E-state index < -0.39 is 5.41 Å². The molecule has 0 atom stereocenters. The van der Waals surface area contributed by atoms with E-state index in [9.17, 15) is 9.59 Å². The Kier molecular flexibility index (Phi) is 6.77. The van der Waals surface area contributed by atoms with Crippen molar-refractivity contribution in [1.29, 1.82) is 0 Å². The van der Waals surface area contributed by atoms with E-state index in [-0.39, 0.29) is 11.8 Å². The van der Waals surface area contributed by atoms with Crippen molar-refractivity contribution in [2.24, 2.45) is 0 Å². The minimum Gasteiger partial charge on any atom is -0.493 e. The highest BCUT2D eigenvalue weighted by Gasteiger charge is 2.49. The molecule has 3 aliphatic rings. The molecule has 9 nitrogen and oxygen atoms in total. The molecule has 9 heteroatoms. The third-order valence-electron chi connectivity index (χ3n) is 7.50. The fourth-order valence-electron chi connectivity index (χ4n) is 5.30. The van der Waals surface area contributed by atoms with Crippen LogP contribution in [0.15, 0.2) is 36.4 Å². The lowest BCUT2D eigenvalue weighted by molar-refractivity contribution is -0.137. The summed E-state index contributed by atoms with van der Waals surface area (Å²) >= 11 is 0. The second-order valence-electron chi connectivity index (χ2n) is 9.85. The van der Waals surface area contributed by atoms with Gasteiger partial charge >= 0.3 is 0 Å². The zero-order valence-electron chi connectivity index (χ0n) is 21.2. The Labute approximate surface area is 211 Å². The first-order valence-corrected chi connectivity index (χ1v) is 12.5. The van der Waals surface area contributed by atoms with Crippen LogP contribution in [0.25, 0.3) is 0 Å². The second kappa shape index (κ2) is 9.99. The lowest BCUT2D eigenvalue weighted by Crippen LogP contribution is -2.51. The first kappa shape index (κ1) is 24.4. The van der Waals surface area contributed by atoms with Crippen LogP contribution in [0.1, 0.15) is 18.4 Å². The largest absolute Gasteiger partial charge is 0.493 e. The number of rotatable bonds is 6. The minimum absolute atomic E-state index is 0.0217. The van der Waals surface area contributed by atoms with E-state index in [0.29, 0.717) is 62.9 Å². The Hall–Kier alpha value is -3.30. The van der Waals surface area contributed by atoms with Gasteiger partial charge in [0.1, 0.15) is 5.75 Å². The van der Waals surface area contributed by atoms with Crippen molar-refractivity contribution in [3.05, 3.63) is 42.0 Å². The lowest BCUT2D eigenvalue weighted by atomic mass is 9.73. The molecule has 0 unspecified atom stereocenters. The molecule has 2 aromatic rings. The number of morpholine rings is 1. The van der Waals surface area contributed by atoms with Gasteiger partial charge in [0.15, 0.2) is 11.5 Å². The van der Waals surface area contributed by atoms with E-state index in [1.165, 1.54) is 0 Å². The van der Waals surface area contributed by atoms with E-state index in [1.54, 1.807) is 7.11 Å². The monoisotopic (exact) mass is 494 g/mol. The van der Waals surface area contributed by atoms with E-state index in [1.807, 2.05) is 60.3 Å². The third-order valence-corrected chi connectivity index (χ3v) is 7.50. The van der Waals surface area contributed by atoms with E-state index in [4.69, 9.17) is 14.2 Å². The molecule has 0 radical (unpaired) electrons. The Balaban J connectivity index is 1.33. The maximum absolute atomic E-state index is 13.3. The number of hydrogen-bond donors (Lipinski definition) is 1. The molecule has 0 aromatic heterocycles. The van der Waals surface area contributed by atoms with Crippen LogP contribution in [0, 0.1) is 0 Å². The van der Waals surface area contributed by atoms with E-state index >= 15 is 0 Å². The first-order chi connectivity index (χ1) is 17.4. The number of piperidine rings is 1. The fourth-order valence-corrected chi connectivity index (χ4v) is 5.30. The normalized spacial score (nSPS) is 19.1. The van der Waals surface area contributed by atoms with Crippen molar-refractivity contribution < 1.29 is 23.8 Å². The van der Waals surface area contributed by atoms with Crippen molar-refractivity contribution in [2.75, 3.05) is 77.4 Å². The molecule has 5 rings (SSSR count). The molecule has 2 saturated heterocycles. The maximum atomic E-state index is 13.3. The van der Waals surface area contributed by atoms with Crippen molar-refractivity contribution >= 4 is 23.2 Å². The first-order valence-electron chi connectivity index (χ1n) is 12.5. The van der Waals surface area contributed by atoms with Gasteiger partial charge in [-0.15, -0.1) is 0 Å². The molecular formula is C27H34N4O5. The summed E-state index contributed by atoms with van der Waals surface area (Å²) in [6, 6.07) is 11.6. The number of carbonyl (C=O) groups excluding carboxylic acids is 2. The van der Waals surface area contributed by atoms with Crippen LogP contribution in [-0.4, -0.2) is 88.8 Å². The van der Waals surface area contributed by atoms with Crippen molar-refractivity contribution in [3.8, 4) is 17.2 Å². The molecule has 192 valence electrons. The number of hydrogen-bond acceptors (Lipinski definition) is 7. The van der Waals surface area contributed by atoms with Gasteiger partial charge in [0.25, 0.3) is 0 Å². The number of methoxy groups -OCH3 is 1. The molecular weight excluding hydrogens is 460 g/mol. The van der Waals surface area contributed by atoms with Crippen LogP contribution in [0.5, 0.6) is 17.2 Å². The van der Waals surface area contributed by atoms with Crippen LogP contribution in [0.2, 0.25) is 0 Å². The second-order valence-corrected chi connectivity index (χ2v) is 9.85. The molecule has 0 bridgehead atoms. The lowest BCUT2D eigenvalue weighted by Gasteiger charge is -2.39. The van der Waals surface area contributed by atoms with Gasteiger partial charge in [-0.2, -0.15) is 0 Å². The number of likely N-dealkylation sites (tertiary alicyclic amines) is 1. The molecule has 0 aliphatic carbocycles. The third kappa shape index (κ3) is 4.60. The SMILES string of the molecule is COc1cc2c(cc1Oc1cccc(N(C)C)c1)NC(=O)C21CCN(C(=O)CN2CCOCC2)CC1. The van der Waals surface area contributed by atoms with Gasteiger partial charge in [-0.05, 0) is 36.6 Å². The molecule has 1 N–H and O–H groups in total.